The second-order valence-corrected chi connectivity index (χ2v) is 24.1. The van der Waals surface area contributed by atoms with E-state index in [1.807, 2.05) is 0 Å². The number of fused-ring (bicyclic) bond motifs is 3. The van der Waals surface area contributed by atoms with E-state index in [4.69, 9.17) is 15.0 Å². The molecule has 0 aliphatic carbocycles. The Labute approximate surface area is 197 Å². The zero-order valence-electron chi connectivity index (χ0n) is 20.1. The number of rotatable bonds is 3. The fourth-order valence-electron chi connectivity index (χ4n) is 8.95. The van der Waals surface area contributed by atoms with E-state index in [1.165, 1.54) is 56.0 Å². The van der Waals surface area contributed by atoms with Crippen molar-refractivity contribution in [2.45, 2.75) is 105 Å². The summed E-state index contributed by atoms with van der Waals surface area (Å²) in [5.41, 5.74) is 0. The molecule has 9 atom stereocenters. The van der Waals surface area contributed by atoms with Crippen molar-refractivity contribution in [1.29, 1.82) is 0 Å². The van der Waals surface area contributed by atoms with Gasteiger partial charge < -0.3 is 0 Å². The Balaban J connectivity index is 1.39. The van der Waals surface area contributed by atoms with E-state index in [0.717, 1.165) is 0 Å². The van der Waals surface area contributed by atoms with Crippen LogP contribution in [0, 0.1) is 17.8 Å². The Hall–Kier alpha value is -0.486. The van der Waals surface area contributed by atoms with Gasteiger partial charge in [-0.15, -0.1) is 0 Å². The van der Waals surface area contributed by atoms with E-state index in [9.17, 15) is 0 Å². The molecule has 0 bridgehead atoms. The van der Waals surface area contributed by atoms with Crippen LogP contribution >= 0.6 is 0 Å². The quantitative estimate of drug-likeness (QED) is 0.558. The molecule has 3 saturated heterocycles. The van der Waals surface area contributed by atoms with Gasteiger partial charge in [-0.3, -0.25) is 0 Å². The second-order valence-electron chi connectivity index (χ2n) is 12.6. The summed E-state index contributed by atoms with van der Waals surface area (Å²) in [6.07, 6.45) is 7.49. The third-order valence-corrected chi connectivity index (χ3v) is 21.5. The SMILES string of the molecule is CC1CC2C[C](C)([Y]([C]3(C)CC4CC(C)N=C4N3)[C]3(C)CC4CC(C)N=C4N3)NC2=N1. The van der Waals surface area contributed by atoms with Crippen LogP contribution in [0.25, 0.3) is 0 Å². The van der Waals surface area contributed by atoms with E-state index in [0.29, 0.717) is 35.9 Å². The molecule has 6 rings (SSSR count). The van der Waals surface area contributed by atoms with Crippen LogP contribution in [-0.4, -0.2) is 42.7 Å². The van der Waals surface area contributed by atoms with Crippen molar-refractivity contribution in [2.75, 3.05) is 0 Å². The van der Waals surface area contributed by atoms with E-state index >= 15 is 0 Å². The summed E-state index contributed by atoms with van der Waals surface area (Å²) in [4.78, 5) is 15.0. The summed E-state index contributed by atoms with van der Waals surface area (Å²) < 4.78 is 0.638. The Kier molecular flexibility index (Phi) is 4.61. The number of hydrogen-bond donors (Lipinski definition) is 3. The van der Waals surface area contributed by atoms with E-state index < -0.39 is 27.4 Å². The van der Waals surface area contributed by atoms with Crippen LogP contribution in [0.1, 0.15) is 80.1 Å². The van der Waals surface area contributed by atoms with Crippen LogP contribution in [0.5, 0.6) is 0 Å². The predicted octanol–water partition coefficient (Wildman–Crippen LogP) is 3.15. The minimum atomic E-state index is -2.54. The molecule has 0 amide bonds. The average molecular weight is 501 g/mol. The third kappa shape index (κ3) is 3.20. The van der Waals surface area contributed by atoms with Crippen LogP contribution in [0.2, 0.25) is 0 Å². The molecule has 168 valence electrons. The van der Waals surface area contributed by atoms with Crippen LogP contribution in [0.3, 0.4) is 0 Å². The zero-order chi connectivity index (χ0) is 21.8. The maximum atomic E-state index is 5.01. The van der Waals surface area contributed by atoms with Crippen molar-refractivity contribution >= 4 is 17.5 Å². The van der Waals surface area contributed by atoms with Crippen molar-refractivity contribution in [3.8, 4) is 0 Å². The molecule has 6 heterocycles. The summed E-state index contributed by atoms with van der Waals surface area (Å²) >= 11 is -2.54. The van der Waals surface area contributed by atoms with Gasteiger partial charge in [0.05, 0.1) is 0 Å². The molecule has 0 aromatic heterocycles. The van der Waals surface area contributed by atoms with Crippen molar-refractivity contribution in [3.63, 3.8) is 0 Å². The van der Waals surface area contributed by atoms with Gasteiger partial charge >= 0.3 is 199 Å². The molecule has 6 nitrogen and oxygen atoms in total. The molecular weight excluding hydrogens is 461 g/mol. The van der Waals surface area contributed by atoms with Crippen molar-refractivity contribution in [3.05, 3.63) is 0 Å². The Bertz CT molecular complexity index is 784. The van der Waals surface area contributed by atoms with Crippen molar-refractivity contribution < 1.29 is 27.4 Å². The molecule has 6 aliphatic heterocycles. The number of nitrogens with zero attached hydrogens (tertiary/aromatic N) is 3. The third-order valence-electron chi connectivity index (χ3n) is 9.28. The molecule has 0 saturated carbocycles. The average Bonchev–Trinajstić information content (AvgIpc) is 3.38. The van der Waals surface area contributed by atoms with Gasteiger partial charge in [0, 0.05) is 0 Å². The standard InChI is InChI=1S/3C8H13N2.Y/c3*1-5-3-7-4-6(2)10-8(7)9-5;/h3*5,7H,3-4H2,1-2H3,(H,9,10);. The van der Waals surface area contributed by atoms with E-state index in [1.54, 1.807) is 0 Å². The van der Waals surface area contributed by atoms with Crippen LogP contribution < -0.4 is 16.0 Å². The number of hydrogen-bond acceptors (Lipinski definition) is 6. The summed E-state index contributed by atoms with van der Waals surface area (Å²) in [6.45, 7) is 14.5. The van der Waals surface area contributed by atoms with Crippen molar-refractivity contribution in [2.24, 2.45) is 32.7 Å². The van der Waals surface area contributed by atoms with Crippen LogP contribution in [0.4, 0.5) is 0 Å². The topological polar surface area (TPSA) is 73.2 Å². The first-order valence-electron chi connectivity index (χ1n) is 12.6. The maximum absolute atomic E-state index is 5.01. The second kappa shape index (κ2) is 6.77. The van der Waals surface area contributed by atoms with Gasteiger partial charge in [-0.05, 0) is 0 Å². The first-order chi connectivity index (χ1) is 14.6. The Morgan fingerprint density at radius 2 is 0.903 bits per heavy atom. The van der Waals surface area contributed by atoms with Gasteiger partial charge in [-0.2, -0.15) is 0 Å². The number of nitrogens with one attached hydrogen (secondary N) is 3. The van der Waals surface area contributed by atoms with Gasteiger partial charge in [-0.25, -0.2) is 0 Å². The molecule has 6 aliphatic rings. The summed E-state index contributed by atoms with van der Waals surface area (Å²) in [5.74, 6) is 5.88. The number of amidine groups is 3. The molecular formula is C24H39N6Y. The zero-order valence-corrected chi connectivity index (χ0v) is 23.0. The summed E-state index contributed by atoms with van der Waals surface area (Å²) in [7, 11) is 0. The molecule has 0 spiro atoms. The first kappa shape index (κ1) is 21.1. The van der Waals surface area contributed by atoms with Gasteiger partial charge in [0.1, 0.15) is 0 Å². The molecule has 7 heteroatoms. The molecule has 31 heavy (non-hydrogen) atoms. The Morgan fingerprint density at radius 1 is 0.613 bits per heavy atom. The van der Waals surface area contributed by atoms with Crippen LogP contribution in [0.15, 0.2) is 15.0 Å². The van der Waals surface area contributed by atoms with Gasteiger partial charge in [-0.1, -0.05) is 0 Å². The number of aliphatic imine (C=N–C) groups is 3. The Morgan fingerprint density at radius 3 is 1.16 bits per heavy atom. The molecule has 0 radical (unpaired) electrons. The van der Waals surface area contributed by atoms with E-state index in [2.05, 4.69) is 57.5 Å². The fourth-order valence-corrected chi connectivity index (χ4v) is 25.3. The minimum absolute atomic E-state index is 0.213. The first-order valence-corrected chi connectivity index (χ1v) is 16.9. The van der Waals surface area contributed by atoms with Gasteiger partial charge in [0.25, 0.3) is 0 Å². The molecule has 3 N–H and O–H groups in total. The summed E-state index contributed by atoms with van der Waals surface area (Å²) in [5, 5.41) is 12.3. The predicted molar refractivity (Wildman–Crippen MR) is 123 cm³/mol. The monoisotopic (exact) mass is 500 g/mol. The van der Waals surface area contributed by atoms with Gasteiger partial charge in [0.15, 0.2) is 0 Å². The van der Waals surface area contributed by atoms with Crippen LogP contribution in [-0.2, 0) is 27.4 Å². The van der Waals surface area contributed by atoms with Crippen molar-refractivity contribution in [1.82, 2.24) is 16.0 Å². The fraction of sp³-hybridized carbons (Fsp3) is 0.875. The van der Waals surface area contributed by atoms with E-state index in [-0.39, 0.29) is 7.05 Å². The molecule has 3 fully saturated rings. The molecule has 0 aromatic rings. The van der Waals surface area contributed by atoms with Gasteiger partial charge in [0.2, 0.25) is 0 Å². The summed E-state index contributed by atoms with van der Waals surface area (Å²) in [6, 6.07) is 1.45. The normalized spacial score (nSPS) is 51.9. The molecule has 9 unspecified atom stereocenters. The molecule has 0 aromatic carbocycles.